The average molecular weight is 279 g/mol. The zero-order valence-electron chi connectivity index (χ0n) is 9.08. The molecule has 1 aromatic carbocycles. The minimum Gasteiger partial charge on any atom is -0.493 e. The fourth-order valence-electron chi connectivity index (χ4n) is 1.33. The summed E-state index contributed by atoms with van der Waals surface area (Å²) in [5, 5.41) is 9.18. The van der Waals surface area contributed by atoms with Gasteiger partial charge in [0.2, 0.25) is 0 Å². The van der Waals surface area contributed by atoms with Gasteiger partial charge in [0.1, 0.15) is 0 Å². The quantitative estimate of drug-likeness (QED) is 0.921. The van der Waals surface area contributed by atoms with E-state index in [0.29, 0.717) is 5.56 Å². The molecule has 86 valence electrons. The van der Waals surface area contributed by atoms with Crippen LogP contribution < -0.4 is 4.74 Å². The fraction of sp³-hybridized carbons (Fsp3) is 0.455. The SMILES string of the molecule is Br.COc1c(F)cccc1C(C)(C)CO. The highest BCUT2D eigenvalue weighted by atomic mass is 79.9. The Morgan fingerprint density at radius 2 is 2.00 bits per heavy atom. The second-order valence-corrected chi connectivity index (χ2v) is 3.86. The van der Waals surface area contributed by atoms with Crippen LogP contribution >= 0.6 is 17.0 Å². The Morgan fingerprint density at radius 3 is 2.47 bits per heavy atom. The average Bonchev–Trinajstić information content (AvgIpc) is 2.17. The van der Waals surface area contributed by atoms with Crippen molar-refractivity contribution >= 4 is 17.0 Å². The minimum absolute atomic E-state index is 0. The smallest absolute Gasteiger partial charge is 0.165 e. The van der Waals surface area contributed by atoms with Crippen molar-refractivity contribution in [3.63, 3.8) is 0 Å². The third kappa shape index (κ3) is 2.92. The second-order valence-electron chi connectivity index (χ2n) is 3.86. The van der Waals surface area contributed by atoms with Crippen molar-refractivity contribution in [1.29, 1.82) is 0 Å². The summed E-state index contributed by atoms with van der Waals surface area (Å²) in [5.74, 6) is -0.182. The van der Waals surface area contributed by atoms with Crippen molar-refractivity contribution in [1.82, 2.24) is 0 Å². The summed E-state index contributed by atoms with van der Waals surface area (Å²) in [6, 6.07) is 4.72. The topological polar surface area (TPSA) is 29.5 Å². The molecule has 2 nitrogen and oxygen atoms in total. The third-order valence-electron chi connectivity index (χ3n) is 2.30. The molecule has 0 aliphatic heterocycles. The van der Waals surface area contributed by atoms with Crippen LogP contribution in [0.25, 0.3) is 0 Å². The van der Waals surface area contributed by atoms with Crippen molar-refractivity contribution in [3.8, 4) is 5.75 Å². The molecule has 4 heteroatoms. The van der Waals surface area contributed by atoms with Gasteiger partial charge in [-0.3, -0.25) is 0 Å². The monoisotopic (exact) mass is 278 g/mol. The van der Waals surface area contributed by atoms with Gasteiger partial charge in [0, 0.05) is 11.0 Å². The van der Waals surface area contributed by atoms with Gasteiger partial charge in [0.05, 0.1) is 13.7 Å². The molecule has 0 bridgehead atoms. The second kappa shape index (κ2) is 5.47. The lowest BCUT2D eigenvalue weighted by atomic mass is 9.85. The van der Waals surface area contributed by atoms with E-state index in [1.54, 1.807) is 12.1 Å². The molecular formula is C11H16BrFO2. The van der Waals surface area contributed by atoms with Gasteiger partial charge in [-0.2, -0.15) is 0 Å². The molecule has 0 radical (unpaired) electrons. The molecular weight excluding hydrogens is 263 g/mol. The Bertz CT molecular complexity index is 326. The largest absolute Gasteiger partial charge is 0.493 e. The van der Waals surface area contributed by atoms with E-state index in [9.17, 15) is 9.50 Å². The number of hydrogen-bond acceptors (Lipinski definition) is 2. The molecule has 1 N–H and O–H groups in total. The number of methoxy groups -OCH3 is 1. The zero-order chi connectivity index (χ0) is 10.8. The van der Waals surface area contributed by atoms with Gasteiger partial charge in [-0.25, -0.2) is 4.39 Å². The van der Waals surface area contributed by atoms with E-state index in [1.165, 1.54) is 13.2 Å². The minimum atomic E-state index is -0.493. The predicted octanol–water partition coefficient (Wildman–Crippen LogP) is 2.68. The summed E-state index contributed by atoms with van der Waals surface area (Å²) in [5.41, 5.74) is 0.190. The molecule has 15 heavy (non-hydrogen) atoms. The molecule has 0 aromatic heterocycles. The lowest BCUT2D eigenvalue weighted by Gasteiger charge is -2.24. The maximum absolute atomic E-state index is 13.3. The Kier molecular flexibility index (Phi) is 5.24. The first-order valence-corrected chi connectivity index (χ1v) is 4.47. The molecule has 0 heterocycles. The molecule has 1 aromatic rings. The van der Waals surface area contributed by atoms with Crippen molar-refractivity contribution in [2.75, 3.05) is 13.7 Å². The van der Waals surface area contributed by atoms with Crippen LogP contribution in [0, 0.1) is 5.82 Å². The van der Waals surface area contributed by atoms with Crippen molar-refractivity contribution in [3.05, 3.63) is 29.6 Å². The summed E-state index contributed by atoms with van der Waals surface area (Å²) < 4.78 is 18.3. The highest BCUT2D eigenvalue weighted by molar-refractivity contribution is 8.93. The van der Waals surface area contributed by atoms with E-state index >= 15 is 0 Å². The third-order valence-corrected chi connectivity index (χ3v) is 2.30. The van der Waals surface area contributed by atoms with Gasteiger partial charge in [-0.05, 0) is 6.07 Å². The molecule has 0 aliphatic rings. The van der Waals surface area contributed by atoms with Crippen LogP contribution in [0.3, 0.4) is 0 Å². The number of aliphatic hydroxyl groups is 1. The number of aliphatic hydroxyl groups excluding tert-OH is 1. The molecule has 0 spiro atoms. The molecule has 1 rings (SSSR count). The standard InChI is InChI=1S/C11H15FO2.BrH/c1-11(2,7-13)8-5-4-6-9(12)10(8)14-3;/h4-6,13H,7H2,1-3H3;1H. The summed E-state index contributed by atoms with van der Waals surface area (Å²) in [6.45, 7) is 3.63. The van der Waals surface area contributed by atoms with E-state index < -0.39 is 11.2 Å². The van der Waals surface area contributed by atoms with Gasteiger partial charge < -0.3 is 9.84 Å². The summed E-state index contributed by atoms with van der Waals surface area (Å²) in [7, 11) is 1.43. The number of benzene rings is 1. The first-order valence-electron chi connectivity index (χ1n) is 4.47. The van der Waals surface area contributed by atoms with Crippen LogP contribution in [0.1, 0.15) is 19.4 Å². The Hall–Kier alpha value is -0.610. The van der Waals surface area contributed by atoms with Crippen LogP contribution in [-0.4, -0.2) is 18.8 Å². The van der Waals surface area contributed by atoms with Gasteiger partial charge in [-0.15, -0.1) is 17.0 Å². The van der Waals surface area contributed by atoms with E-state index in [4.69, 9.17) is 4.74 Å². The van der Waals surface area contributed by atoms with Crippen molar-refractivity contribution < 1.29 is 14.2 Å². The first kappa shape index (κ1) is 14.4. The van der Waals surface area contributed by atoms with Crippen LogP contribution in [0.2, 0.25) is 0 Å². The van der Waals surface area contributed by atoms with Crippen molar-refractivity contribution in [2.24, 2.45) is 0 Å². The van der Waals surface area contributed by atoms with E-state index in [2.05, 4.69) is 0 Å². The summed E-state index contributed by atoms with van der Waals surface area (Å²) in [4.78, 5) is 0. The Balaban J connectivity index is 0.00000196. The van der Waals surface area contributed by atoms with Crippen LogP contribution in [-0.2, 0) is 5.41 Å². The van der Waals surface area contributed by atoms with E-state index in [1.807, 2.05) is 13.8 Å². The molecule has 0 saturated carbocycles. The van der Waals surface area contributed by atoms with Gasteiger partial charge in [-0.1, -0.05) is 26.0 Å². The van der Waals surface area contributed by atoms with E-state index in [0.717, 1.165) is 0 Å². The van der Waals surface area contributed by atoms with Crippen LogP contribution in [0.5, 0.6) is 5.75 Å². The zero-order valence-corrected chi connectivity index (χ0v) is 10.8. The number of para-hydroxylation sites is 1. The maximum Gasteiger partial charge on any atom is 0.165 e. The Morgan fingerprint density at radius 1 is 1.40 bits per heavy atom. The summed E-state index contributed by atoms with van der Waals surface area (Å²) >= 11 is 0. The Labute approximate surface area is 99.8 Å². The number of halogens is 2. The lowest BCUT2D eigenvalue weighted by Crippen LogP contribution is -2.23. The van der Waals surface area contributed by atoms with Crippen LogP contribution in [0.4, 0.5) is 4.39 Å². The number of ether oxygens (including phenoxy) is 1. The highest BCUT2D eigenvalue weighted by Crippen LogP contribution is 2.32. The van der Waals surface area contributed by atoms with Gasteiger partial charge in [0.15, 0.2) is 11.6 Å². The summed E-state index contributed by atoms with van der Waals surface area (Å²) in [6.07, 6.45) is 0. The maximum atomic E-state index is 13.3. The predicted molar refractivity (Wildman–Crippen MR) is 63.4 cm³/mol. The normalized spacial score (nSPS) is 10.7. The molecule has 0 unspecified atom stereocenters. The molecule has 0 fully saturated rings. The van der Waals surface area contributed by atoms with E-state index in [-0.39, 0.29) is 29.3 Å². The van der Waals surface area contributed by atoms with Crippen LogP contribution in [0.15, 0.2) is 18.2 Å². The molecule has 0 amide bonds. The van der Waals surface area contributed by atoms with Gasteiger partial charge in [0.25, 0.3) is 0 Å². The lowest BCUT2D eigenvalue weighted by molar-refractivity contribution is 0.213. The fourth-order valence-corrected chi connectivity index (χ4v) is 1.33. The molecule has 0 atom stereocenters. The number of hydrogen-bond donors (Lipinski definition) is 1. The molecule has 0 saturated heterocycles. The molecule has 0 aliphatic carbocycles. The highest BCUT2D eigenvalue weighted by Gasteiger charge is 2.25. The number of rotatable bonds is 3. The first-order chi connectivity index (χ1) is 6.53. The van der Waals surface area contributed by atoms with Crippen molar-refractivity contribution in [2.45, 2.75) is 19.3 Å². The van der Waals surface area contributed by atoms with Gasteiger partial charge >= 0.3 is 0 Å².